The molecule has 0 spiro atoms. The lowest BCUT2D eigenvalue weighted by molar-refractivity contribution is 0.147. The van der Waals surface area contributed by atoms with Crippen LogP contribution in [0.3, 0.4) is 0 Å². The molecule has 10 nitrogen and oxygen atoms in total. The normalized spacial score (nSPS) is 15.6. The molecule has 45 heavy (non-hydrogen) atoms. The van der Waals surface area contributed by atoms with Crippen LogP contribution in [0.5, 0.6) is 0 Å². The Bertz CT molecular complexity index is 1960. The summed E-state index contributed by atoms with van der Waals surface area (Å²) in [6.45, 7) is 6.68. The number of benzene rings is 3. The zero-order valence-electron chi connectivity index (χ0n) is 26.4. The highest BCUT2D eigenvalue weighted by atomic mass is 16.6. The zero-order chi connectivity index (χ0) is 31.8. The van der Waals surface area contributed by atoms with Crippen molar-refractivity contribution < 1.29 is 10.9 Å². The van der Waals surface area contributed by atoms with Gasteiger partial charge in [-0.2, -0.15) is 0 Å². The third-order valence-corrected chi connectivity index (χ3v) is 8.62. The zero-order valence-corrected chi connectivity index (χ0v) is 25.4. The van der Waals surface area contributed by atoms with Gasteiger partial charge >= 0.3 is 6.09 Å². The quantitative estimate of drug-likeness (QED) is 0.274. The Morgan fingerprint density at radius 3 is 2.42 bits per heavy atom. The summed E-state index contributed by atoms with van der Waals surface area (Å²) >= 11 is 0. The maximum Gasteiger partial charge on any atom is 0.414 e. The summed E-state index contributed by atoms with van der Waals surface area (Å²) in [5.41, 5.74) is 5.51. The topological polar surface area (TPSA) is 87.0 Å². The number of aromatic nitrogens is 3. The van der Waals surface area contributed by atoms with E-state index in [-0.39, 0.29) is 18.5 Å². The van der Waals surface area contributed by atoms with Gasteiger partial charge < -0.3 is 19.4 Å². The average Bonchev–Trinajstić information content (AvgIpc) is 3.08. The minimum absolute atomic E-state index is 0.161. The van der Waals surface area contributed by atoms with Crippen molar-refractivity contribution in [2.45, 2.75) is 13.5 Å². The Hall–Kier alpha value is -5.22. The lowest BCUT2D eigenvalue weighted by Crippen LogP contribution is -2.44. The highest BCUT2D eigenvalue weighted by Gasteiger charge is 2.32. The van der Waals surface area contributed by atoms with Gasteiger partial charge in [0, 0.05) is 56.5 Å². The van der Waals surface area contributed by atoms with Crippen molar-refractivity contribution in [3.8, 4) is 5.69 Å². The van der Waals surface area contributed by atoms with E-state index in [0.29, 0.717) is 41.2 Å². The van der Waals surface area contributed by atoms with Crippen molar-refractivity contribution in [1.29, 1.82) is 0 Å². The largest absolute Gasteiger partial charge is 0.444 e. The lowest BCUT2D eigenvalue weighted by atomic mass is 10.1. The number of fused-ring (bicyclic) bond motifs is 2. The van der Waals surface area contributed by atoms with E-state index in [1.54, 1.807) is 21.7 Å². The smallest absolute Gasteiger partial charge is 0.414 e. The van der Waals surface area contributed by atoms with Gasteiger partial charge in [-0.05, 0) is 61.5 Å². The van der Waals surface area contributed by atoms with Crippen molar-refractivity contribution >= 4 is 39.9 Å². The van der Waals surface area contributed by atoms with Gasteiger partial charge in [-0.25, -0.2) is 14.8 Å². The summed E-state index contributed by atoms with van der Waals surface area (Å²) in [6, 6.07) is 25.1. The molecule has 3 aromatic carbocycles. The van der Waals surface area contributed by atoms with Gasteiger partial charge in [0.2, 0.25) is 0 Å². The van der Waals surface area contributed by atoms with Crippen LogP contribution in [0.25, 0.3) is 16.7 Å². The summed E-state index contributed by atoms with van der Waals surface area (Å²) in [5.74, 6) is 0. The molecule has 4 heterocycles. The molecule has 0 bridgehead atoms. The molecular weight excluding hydrogens is 566 g/mol. The molecule has 1 saturated heterocycles. The van der Waals surface area contributed by atoms with E-state index in [1.165, 1.54) is 0 Å². The van der Waals surface area contributed by atoms with Crippen molar-refractivity contribution in [2.75, 3.05) is 61.0 Å². The van der Waals surface area contributed by atoms with Crippen LogP contribution in [-0.4, -0.2) is 71.8 Å². The van der Waals surface area contributed by atoms with E-state index in [9.17, 15) is 9.59 Å². The predicted molar refractivity (Wildman–Crippen MR) is 177 cm³/mol. The first-order valence-electron chi connectivity index (χ1n) is 15.7. The number of amides is 1. The SMILES string of the molecule is [2H]c1ncc2cc(N3CCN(C(=O)OCc4ccccc4)c4c(C)cccc43)c(=O)n(-c3ccc(N4CCN(C)CC4)cc3)c2n1. The average molecular weight is 603 g/mol. The number of aryl methyl sites for hydroxylation is 1. The summed E-state index contributed by atoms with van der Waals surface area (Å²) in [5, 5.41) is 0.632. The highest BCUT2D eigenvalue weighted by Crippen LogP contribution is 2.40. The number of hydrogen-bond acceptors (Lipinski definition) is 8. The second-order valence-corrected chi connectivity index (χ2v) is 11.5. The molecule has 7 rings (SSSR count). The van der Waals surface area contributed by atoms with E-state index in [1.807, 2.05) is 84.6 Å². The molecule has 0 atom stereocenters. The van der Waals surface area contributed by atoms with Crippen LogP contribution in [0.1, 0.15) is 12.5 Å². The van der Waals surface area contributed by atoms with Gasteiger partial charge in [0.05, 0.1) is 17.1 Å². The fraction of sp³-hybridized carbons (Fsp3) is 0.257. The summed E-state index contributed by atoms with van der Waals surface area (Å²) in [7, 11) is 2.13. The minimum atomic E-state index is -0.438. The minimum Gasteiger partial charge on any atom is -0.444 e. The number of anilines is 4. The first kappa shape index (κ1) is 27.3. The number of para-hydroxylation sites is 1. The summed E-state index contributed by atoms with van der Waals surface area (Å²) < 4.78 is 15.4. The van der Waals surface area contributed by atoms with Crippen LogP contribution in [0.15, 0.2) is 96.2 Å². The maximum atomic E-state index is 14.5. The lowest BCUT2D eigenvalue weighted by Gasteiger charge is -2.38. The molecule has 0 unspecified atom stereocenters. The van der Waals surface area contributed by atoms with Gasteiger partial charge in [0.15, 0.2) is 5.65 Å². The molecule has 0 saturated carbocycles. The first-order valence-corrected chi connectivity index (χ1v) is 15.2. The standard InChI is InChI=1S/C35H35N7O3/c1-25-7-6-10-30-32(25)41(35(44)45-23-26-8-4-3-5-9-26)20-19-40(30)31-21-27-22-36-24-37-33(27)42(34(31)43)29-13-11-28(12-14-29)39-17-15-38(2)16-18-39/h3-14,21-22,24H,15-20,23H2,1-2H3/i24D. The fourth-order valence-electron chi connectivity index (χ4n) is 6.18. The van der Waals surface area contributed by atoms with Gasteiger partial charge in [0.25, 0.3) is 5.56 Å². The Morgan fingerprint density at radius 2 is 1.64 bits per heavy atom. The Labute approximate surface area is 263 Å². The Kier molecular flexibility index (Phi) is 7.32. The molecule has 228 valence electrons. The molecule has 0 aliphatic carbocycles. The van der Waals surface area contributed by atoms with Crippen molar-refractivity contribution in [1.82, 2.24) is 19.4 Å². The Balaban J connectivity index is 1.27. The number of nitrogens with zero attached hydrogens (tertiary/aromatic N) is 7. The van der Waals surface area contributed by atoms with E-state index >= 15 is 0 Å². The third-order valence-electron chi connectivity index (χ3n) is 8.62. The van der Waals surface area contributed by atoms with Crippen LogP contribution < -0.4 is 20.3 Å². The van der Waals surface area contributed by atoms with E-state index in [4.69, 9.17) is 6.11 Å². The molecule has 1 amide bonds. The van der Waals surface area contributed by atoms with Gasteiger partial charge in [-0.15, -0.1) is 0 Å². The number of ether oxygens (including phenoxy) is 1. The number of pyridine rings is 1. The van der Waals surface area contributed by atoms with Crippen LogP contribution in [0.4, 0.5) is 27.5 Å². The highest BCUT2D eigenvalue weighted by molar-refractivity contribution is 5.97. The fourth-order valence-corrected chi connectivity index (χ4v) is 6.18. The molecule has 2 aliphatic rings. The van der Waals surface area contributed by atoms with Crippen LogP contribution in [0, 0.1) is 6.92 Å². The van der Waals surface area contributed by atoms with E-state index < -0.39 is 6.09 Å². The number of likely N-dealkylation sites (N-methyl/N-ethyl adjacent to an activating group) is 1. The van der Waals surface area contributed by atoms with Crippen LogP contribution in [0.2, 0.25) is 0 Å². The van der Waals surface area contributed by atoms with Crippen molar-refractivity contribution in [2.24, 2.45) is 0 Å². The maximum absolute atomic E-state index is 14.5. The molecular formula is C35H35N7O3. The predicted octanol–water partition coefficient (Wildman–Crippen LogP) is 5.14. The molecule has 1 fully saturated rings. The number of carbonyl (C=O) groups excluding carboxylic acids is 1. The number of carbonyl (C=O) groups is 1. The summed E-state index contributed by atoms with van der Waals surface area (Å²) in [4.78, 5) is 44.6. The first-order chi connectivity index (χ1) is 22.4. The molecule has 2 aliphatic heterocycles. The molecule has 2 aromatic heterocycles. The number of rotatable bonds is 5. The molecule has 0 N–H and O–H groups in total. The van der Waals surface area contributed by atoms with Crippen molar-refractivity contribution in [3.63, 3.8) is 0 Å². The number of piperazine rings is 1. The van der Waals surface area contributed by atoms with E-state index in [2.05, 4.69) is 26.8 Å². The van der Waals surface area contributed by atoms with Gasteiger partial charge in [0.1, 0.15) is 20.0 Å². The van der Waals surface area contributed by atoms with Crippen LogP contribution >= 0.6 is 0 Å². The number of hydrogen-bond donors (Lipinski definition) is 0. The third kappa shape index (κ3) is 5.49. The molecule has 5 aromatic rings. The van der Waals surface area contributed by atoms with E-state index in [0.717, 1.165) is 48.7 Å². The monoisotopic (exact) mass is 602 g/mol. The van der Waals surface area contributed by atoms with Crippen molar-refractivity contribution in [3.05, 3.63) is 113 Å². The molecule has 0 radical (unpaired) electrons. The second kappa shape index (κ2) is 12.0. The Morgan fingerprint density at radius 1 is 0.889 bits per heavy atom. The van der Waals surface area contributed by atoms with Gasteiger partial charge in [-0.3, -0.25) is 14.3 Å². The van der Waals surface area contributed by atoms with Crippen LogP contribution in [-0.2, 0) is 11.3 Å². The summed E-state index contributed by atoms with van der Waals surface area (Å²) in [6.07, 6.45) is 0.981. The molecule has 10 heteroatoms. The van der Waals surface area contributed by atoms with Gasteiger partial charge in [-0.1, -0.05) is 42.5 Å². The second-order valence-electron chi connectivity index (χ2n) is 11.5.